The van der Waals surface area contributed by atoms with Crippen molar-refractivity contribution in [3.8, 4) is 0 Å². The number of nitrogens with one attached hydrogen (secondary N) is 2. The number of aryl methyl sites for hydroxylation is 1. The van der Waals surface area contributed by atoms with Gasteiger partial charge in [-0.1, -0.05) is 12.1 Å². The summed E-state index contributed by atoms with van der Waals surface area (Å²) in [6, 6.07) is 7.97. The molecule has 2 N–H and O–H groups in total. The van der Waals surface area contributed by atoms with Gasteiger partial charge in [-0.05, 0) is 12.1 Å². The normalized spacial score (nSPS) is 15.4. The van der Waals surface area contributed by atoms with Gasteiger partial charge in [0.2, 0.25) is 5.91 Å². The van der Waals surface area contributed by atoms with Crippen molar-refractivity contribution in [1.82, 2.24) is 20.2 Å². The van der Waals surface area contributed by atoms with E-state index >= 15 is 0 Å². The molecule has 2 heterocycles. The van der Waals surface area contributed by atoms with E-state index in [0.717, 1.165) is 30.7 Å². The van der Waals surface area contributed by atoms with Crippen LogP contribution < -0.4 is 10.6 Å². The van der Waals surface area contributed by atoms with E-state index < -0.39 is 0 Å². The number of benzene rings is 1. The lowest BCUT2D eigenvalue weighted by atomic mass is 10.0. The average Bonchev–Trinajstić information content (AvgIpc) is 2.78. The predicted molar refractivity (Wildman–Crippen MR) is 73.7 cm³/mol. The van der Waals surface area contributed by atoms with E-state index in [9.17, 15) is 4.79 Å². The summed E-state index contributed by atoms with van der Waals surface area (Å²) in [5.74, 6) is 0.725. The van der Waals surface area contributed by atoms with Crippen LogP contribution in [0.15, 0.2) is 30.6 Å². The number of para-hydroxylation sites is 2. The minimum Gasteiger partial charge on any atom is -0.356 e. The van der Waals surface area contributed by atoms with E-state index in [1.807, 2.05) is 28.8 Å². The van der Waals surface area contributed by atoms with E-state index in [4.69, 9.17) is 0 Å². The van der Waals surface area contributed by atoms with E-state index in [2.05, 4.69) is 15.6 Å². The summed E-state index contributed by atoms with van der Waals surface area (Å²) in [6.45, 7) is 3.50. The van der Waals surface area contributed by atoms with Crippen LogP contribution in [0.5, 0.6) is 0 Å². The molecule has 0 spiro atoms. The molecule has 5 heteroatoms. The largest absolute Gasteiger partial charge is 0.356 e. The molecule has 1 amide bonds. The van der Waals surface area contributed by atoms with Gasteiger partial charge >= 0.3 is 0 Å². The summed E-state index contributed by atoms with van der Waals surface area (Å²) < 4.78 is 2.03. The summed E-state index contributed by atoms with van der Waals surface area (Å²) in [4.78, 5) is 16.1. The van der Waals surface area contributed by atoms with E-state index in [0.29, 0.717) is 18.9 Å². The zero-order valence-corrected chi connectivity index (χ0v) is 10.8. The Morgan fingerprint density at radius 2 is 2.26 bits per heavy atom. The first kappa shape index (κ1) is 12.2. The summed E-state index contributed by atoms with van der Waals surface area (Å²) >= 11 is 0. The van der Waals surface area contributed by atoms with Crippen LogP contribution in [0.3, 0.4) is 0 Å². The summed E-state index contributed by atoms with van der Waals surface area (Å²) in [7, 11) is 0. The third-order valence-corrected chi connectivity index (χ3v) is 3.56. The lowest BCUT2D eigenvalue weighted by Crippen LogP contribution is -2.48. The third kappa shape index (κ3) is 2.76. The summed E-state index contributed by atoms with van der Waals surface area (Å²) in [5, 5.41) is 6.18. The molecule has 0 aliphatic carbocycles. The number of fused-ring (bicyclic) bond motifs is 1. The van der Waals surface area contributed by atoms with Crippen molar-refractivity contribution in [3.63, 3.8) is 0 Å². The number of carbonyl (C=O) groups is 1. The van der Waals surface area contributed by atoms with Crippen LogP contribution >= 0.6 is 0 Å². The minimum atomic E-state index is 0.115. The Balaban J connectivity index is 1.52. The van der Waals surface area contributed by atoms with Gasteiger partial charge in [0.15, 0.2) is 0 Å². The highest BCUT2D eigenvalue weighted by Gasteiger charge is 2.16. The molecule has 19 heavy (non-hydrogen) atoms. The first-order valence-electron chi connectivity index (χ1n) is 6.70. The maximum absolute atomic E-state index is 11.8. The molecular weight excluding hydrogens is 240 g/mol. The third-order valence-electron chi connectivity index (χ3n) is 3.56. The summed E-state index contributed by atoms with van der Waals surface area (Å²) in [5.41, 5.74) is 2.06. The number of amides is 1. The molecule has 5 nitrogen and oxygen atoms in total. The van der Waals surface area contributed by atoms with Gasteiger partial charge in [-0.3, -0.25) is 4.79 Å². The van der Waals surface area contributed by atoms with Crippen LogP contribution in [0.2, 0.25) is 0 Å². The molecule has 1 saturated heterocycles. The van der Waals surface area contributed by atoms with Crippen molar-refractivity contribution in [3.05, 3.63) is 30.6 Å². The van der Waals surface area contributed by atoms with Gasteiger partial charge in [0.25, 0.3) is 0 Å². The molecule has 0 atom stereocenters. The van der Waals surface area contributed by atoms with Gasteiger partial charge in [0, 0.05) is 38.5 Å². The highest BCUT2D eigenvalue weighted by atomic mass is 16.1. The lowest BCUT2D eigenvalue weighted by molar-refractivity contribution is -0.121. The molecule has 1 aromatic carbocycles. The number of imidazole rings is 1. The summed E-state index contributed by atoms with van der Waals surface area (Å²) in [6.07, 6.45) is 2.30. The molecular formula is C14H18N4O. The molecule has 0 saturated carbocycles. The Bertz CT molecular complexity index is 574. The highest BCUT2D eigenvalue weighted by molar-refractivity contribution is 5.77. The molecule has 2 aromatic rings. The van der Waals surface area contributed by atoms with Gasteiger partial charge in [0.1, 0.15) is 0 Å². The molecule has 0 radical (unpaired) electrons. The van der Waals surface area contributed by atoms with Crippen molar-refractivity contribution in [2.24, 2.45) is 5.92 Å². The lowest BCUT2D eigenvalue weighted by Gasteiger charge is -2.27. The Labute approximate surface area is 112 Å². The number of carbonyl (C=O) groups excluding carboxylic acids is 1. The van der Waals surface area contributed by atoms with E-state index in [-0.39, 0.29) is 5.91 Å². The maximum Gasteiger partial charge on any atom is 0.221 e. The Kier molecular flexibility index (Phi) is 3.46. The Hall–Kier alpha value is -1.88. The maximum atomic E-state index is 11.8. The van der Waals surface area contributed by atoms with Crippen molar-refractivity contribution in [2.45, 2.75) is 13.0 Å². The van der Waals surface area contributed by atoms with Crippen LogP contribution in [-0.2, 0) is 11.3 Å². The van der Waals surface area contributed by atoms with Crippen molar-refractivity contribution in [1.29, 1.82) is 0 Å². The minimum absolute atomic E-state index is 0.115. The van der Waals surface area contributed by atoms with Gasteiger partial charge in [-0.25, -0.2) is 4.98 Å². The van der Waals surface area contributed by atoms with Gasteiger partial charge < -0.3 is 15.2 Å². The van der Waals surface area contributed by atoms with Crippen LogP contribution in [0.4, 0.5) is 0 Å². The number of nitrogens with zero attached hydrogens (tertiary/aromatic N) is 2. The molecule has 0 unspecified atom stereocenters. The number of aromatic nitrogens is 2. The topological polar surface area (TPSA) is 59.0 Å². The van der Waals surface area contributed by atoms with E-state index in [1.165, 1.54) is 0 Å². The fourth-order valence-electron chi connectivity index (χ4n) is 2.25. The van der Waals surface area contributed by atoms with Crippen molar-refractivity contribution < 1.29 is 4.79 Å². The standard InChI is InChI=1S/C14H18N4O/c19-14(16-9-11-7-15-8-11)5-6-18-10-17-12-3-1-2-4-13(12)18/h1-4,10-11,15H,5-9H2,(H,16,19). The quantitative estimate of drug-likeness (QED) is 0.832. The number of rotatable bonds is 5. The molecule has 1 aliphatic heterocycles. The second-order valence-electron chi connectivity index (χ2n) is 5.01. The highest BCUT2D eigenvalue weighted by Crippen LogP contribution is 2.12. The number of hydrogen-bond acceptors (Lipinski definition) is 3. The first-order chi connectivity index (χ1) is 9.33. The van der Waals surface area contributed by atoms with Gasteiger partial charge in [-0.15, -0.1) is 0 Å². The van der Waals surface area contributed by atoms with E-state index in [1.54, 1.807) is 6.33 Å². The van der Waals surface area contributed by atoms with Crippen LogP contribution in [0, 0.1) is 5.92 Å². The molecule has 0 bridgehead atoms. The Morgan fingerprint density at radius 3 is 3.05 bits per heavy atom. The van der Waals surface area contributed by atoms with Crippen LogP contribution in [0.1, 0.15) is 6.42 Å². The average molecular weight is 258 g/mol. The van der Waals surface area contributed by atoms with Crippen LogP contribution in [0.25, 0.3) is 11.0 Å². The zero-order valence-electron chi connectivity index (χ0n) is 10.8. The smallest absolute Gasteiger partial charge is 0.221 e. The fourth-order valence-corrected chi connectivity index (χ4v) is 2.25. The van der Waals surface area contributed by atoms with Crippen LogP contribution in [-0.4, -0.2) is 35.1 Å². The fraction of sp³-hybridized carbons (Fsp3) is 0.429. The first-order valence-corrected chi connectivity index (χ1v) is 6.70. The second-order valence-corrected chi connectivity index (χ2v) is 5.01. The monoisotopic (exact) mass is 258 g/mol. The zero-order chi connectivity index (χ0) is 13.1. The molecule has 1 fully saturated rings. The molecule has 1 aliphatic rings. The van der Waals surface area contributed by atoms with Crippen molar-refractivity contribution >= 4 is 16.9 Å². The predicted octanol–water partition coefficient (Wildman–Crippen LogP) is 0.762. The molecule has 1 aromatic heterocycles. The molecule has 3 rings (SSSR count). The SMILES string of the molecule is O=C(CCn1cnc2ccccc21)NCC1CNC1. The Morgan fingerprint density at radius 1 is 1.42 bits per heavy atom. The van der Waals surface area contributed by atoms with Gasteiger partial charge in [0.05, 0.1) is 17.4 Å². The molecule has 100 valence electrons. The second kappa shape index (κ2) is 5.40. The van der Waals surface area contributed by atoms with Gasteiger partial charge in [-0.2, -0.15) is 0 Å². The van der Waals surface area contributed by atoms with Crippen molar-refractivity contribution in [2.75, 3.05) is 19.6 Å². The number of hydrogen-bond donors (Lipinski definition) is 2.